The van der Waals surface area contributed by atoms with Crippen molar-refractivity contribution in [3.8, 4) is 28.4 Å². The summed E-state index contributed by atoms with van der Waals surface area (Å²) >= 11 is 0. The lowest BCUT2D eigenvalue weighted by molar-refractivity contribution is 0.466. The summed E-state index contributed by atoms with van der Waals surface area (Å²) in [7, 11) is 0. The van der Waals surface area contributed by atoms with E-state index in [0.29, 0.717) is 21.9 Å². The number of hydrogen-bond donors (Lipinski definition) is 3. The Balaban J connectivity index is 2.37. The zero-order valence-corrected chi connectivity index (χ0v) is 11.0. The number of phenolic OH excluding ortho intramolecular Hbond substituents is 3. The van der Waals surface area contributed by atoms with Gasteiger partial charge >= 0.3 is 0 Å². The molecule has 0 radical (unpaired) electrons. The van der Waals surface area contributed by atoms with Gasteiger partial charge in [0.1, 0.15) is 17.2 Å². The molecule has 0 spiro atoms. The monoisotopic (exact) mass is 266 g/mol. The fraction of sp³-hybridized carbons (Fsp3) is 0.0588. The number of aromatic hydroxyl groups is 3. The molecule has 0 fully saturated rings. The number of aryl methyl sites for hydroxylation is 1. The molecule has 100 valence electrons. The van der Waals surface area contributed by atoms with Crippen LogP contribution in [0.15, 0.2) is 48.5 Å². The molecular weight excluding hydrogens is 252 g/mol. The van der Waals surface area contributed by atoms with Crippen LogP contribution >= 0.6 is 0 Å². The second-order valence-electron chi connectivity index (χ2n) is 4.86. The van der Waals surface area contributed by atoms with E-state index in [9.17, 15) is 15.3 Å². The molecule has 3 rings (SSSR count). The minimum Gasteiger partial charge on any atom is -0.507 e. The predicted molar refractivity (Wildman–Crippen MR) is 79.1 cm³/mol. The normalized spacial score (nSPS) is 10.8. The van der Waals surface area contributed by atoms with Crippen LogP contribution in [0.5, 0.6) is 17.2 Å². The van der Waals surface area contributed by atoms with Gasteiger partial charge in [-0.1, -0.05) is 35.9 Å². The van der Waals surface area contributed by atoms with E-state index >= 15 is 0 Å². The quantitative estimate of drug-likeness (QED) is 0.585. The second-order valence-corrected chi connectivity index (χ2v) is 4.86. The smallest absolute Gasteiger partial charge is 0.131 e. The van der Waals surface area contributed by atoms with Crippen molar-refractivity contribution in [2.75, 3.05) is 0 Å². The van der Waals surface area contributed by atoms with Gasteiger partial charge in [-0.25, -0.2) is 0 Å². The van der Waals surface area contributed by atoms with Crippen molar-refractivity contribution < 1.29 is 15.3 Å². The first kappa shape index (κ1) is 12.4. The van der Waals surface area contributed by atoms with Crippen molar-refractivity contribution in [2.24, 2.45) is 0 Å². The van der Waals surface area contributed by atoms with Crippen LogP contribution in [-0.4, -0.2) is 15.3 Å². The number of phenols is 3. The molecule has 3 aromatic rings. The van der Waals surface area contributed by atoms with Gasteiger partial charge in [0.15, 0.2) is 0 Å². The van der Waals surface area contributed by atoms with E-state index in [4.69, 9.17) is 0 Å². The minimum atomic E-state index is 0.0549. The van der Waals surface area contributed by atoms with Crippen LogP contribution < -0.4 is 0 Å². The lowest BCUT2D eigenvalue weighted by Crippen LogP contribution is -1.85. The van der Waals surface area contributed by atoms with E-state index in [0.717, 1.165) is 5.56 Å². The van der Waals surface area contributed by atoms with E-state index in [-0.39, 0.29) is 17.2 Å². The molecule has 0 aromatic heterocycles. The van der Waals surface area contributed by atoms with Gasteiger partial charge in [-0.3, -0.25) is 0 Å². The summed E-state index contributed by atoms with van der Waals surface area (Å²) in [5.74, 6) is 0.203. The lowest BCUT2D eigenvalue weighted by atomic mass is 9.97. The Morgan fingerprint density at radius 3 is 2.15 bits per heavy atom. The zero-order valence-electron chi connectivity index (χ0n) is 11.0. The molecule has 3 N–H and O–H groups in total. The summed E-state index contributed by atoms with van der Waals surface area (Å²) in [5.41, 5.74) is 1.89. The van der Waals surface area contributed by atoms with Gasteiger partial charge < -0.3 is 15.3 Å². The van der Waals surface area contributed by atoms with E-state index in [1.165, 1.54) is 6.07 Å². The molecule has 0 unspecified atom stereocenters. The molecule has 0 bridgehead atoms. The van der Waals surface area contributed by atoms with Gasteiger partial charge in [0.25, 0.3) is 0 Å². The molecule has 0 aliphatic rings. The SMILES string of the molecule is Cc1ccc(O)c(-c2cc(O)c3ccccc3c2O)c1. The molecule has 0 aliphatic heterocycles. The lowest BCUT2D eigenvalue weighted by Gasteiger charge is -2.12. The Kier molecular flexibility index (Phi) is 2.75. The van der Waals surface area contributed by atoms with Gasteiger partial charge in [0.2, 0.25) is 0 Å². The van der Waals surface area contributed by atoms with Gasteiger partial charge in [-0.15, -0.1) is 0 Å². The van der Waals surface area contributed by atoms with Crippen LogP contribution in [0.25, 0.3) is 21.9 Å². The summed E-state index contributed by atoms with van der Waals surface area (Å²) in [6.45, 7) is 1.90. The standard InChI is InChI=1S/C17H14O3/c1-10-6-7-15(18)13(8-10)14-9-16(19)11-4-2-3-5-12(11)17(14)20/h2-9,18-20H,1H3. The van der Waals surface area contributed by atoms with Gasteiger partial charge in [-0.2, -0.15) is 0 Å². The van der Waals surface area contributed by atoms with Crippen molar-refractivity contribution in [3.63, 3.8) is 0 Å². The molecule has 0 saturated carbocycles. The third kappa shape index (κ3) is 1.84. The molecular formula is C17H14O3. The second kappa shape index (κ2) is 4.46. The number of fused-ring (bicyclic) bond motifs is 1. The molecule has 20 heavy (non-hydrogen) atoms. The number of rotatable bonds is 1. The molecule has 0 heterocycles. The Labute approximate surface area is 116 Å². The highest BCUT2D eigenvalue weighted by molar-refractivity contribution is 5.99. The molecule has 0 amide bonds. The van der Waals surface area contributed by atoms with E-state index in [2.05, 4.69) is 0 Å². The summed E-state index contributed by atoms with van der Waals surface area (Å²) < 4.78 is 0. The topological polar surface area (TPSA) is 60.7 Å². The third-order valence-corrected chi connectivity index (χ3v) is 3.44. The van der Waals surface area contributed by atoms with Crippen LogP contribution in [0, 0.1) is 6.92 Å². The van der Waals surface area contributed by atoms with Crippen molar-refractivity contribution in [3.05, 3.63) is 54.1 Å². The fourth-order valence-electron chi connectivity index (χ4n) is 2.41. The fourth-order valence-corrected chi connectivity index (χ4v) is 2.41. The van der Waals surface area contributed by atoms with Crippen molar-refractivity contribution in [1.82, 2.24) is 0 Å². The highest BCUT2D eigenvalue weighted by Gasteiger charge is 2.15. The highest BCUT2D eigenvalue weighted by atomic mass is 16.3. The number of benzene rings is 3. The Morgan fingerprint density at radius 1 is 0.700 bits per heavy atom. The summed E-state index contributed by atoms with van der Waals surface area (Å²) in [5, 5.41) is 31.7. The first-order valence-corrected chi connectivity index (χ1v) is 6.31. The Morgan fingerprint density at radius 2 is 1.40 bits per heavy atom. The van der Waals surface area contributed by atoms with Crippen LogP contribution in [0.1, 0.15) is 5.56 Å². The van der Waals surface area contributed by atoms with Crippen LogP contribution in [0.4, 0.5) is 0 Å². The van der Waals surface area contributed by atoms with Crippen molar-refractivity contribution in [1.29, 1.82) is 0 Å². The maximum absolute atomic E-state index is 10.4. The molecule has 3 heteroatoms. The van der Waals surface area contributed by atoms with E-state index in [1.54, 1.807) is 42.5 Å². The van der Waals surface area contributed by atoms with Crippen molar-refractivity contribution in [2.45, 2.75) is 6.92 Å². The van der Waals surface area contributed by atoms with Crippen LogP contribution in [0.3, 0.4) is 0 Å². The molecule has 0 aliphatic carbocycles. The Hall–Kier alpha value is -2.68. The minimum absolute atomic E-state index is 0.0549. The zero-order chi connectivity index (χ0) is 14.3. The maximum Gasteiger partial charge on any atom is 0.131 e. The van der Waals surface area contributed by atoms with E-state index < -0.39 is 0 Å². The first-order chi connectivity index (χ1) is 9.58. The van der Waals surface area contributed by atoms with Crippen molar-refractivity contribution >= 4 is 10.8 Å². The summed E-state index contributed by atoms with van der Waals surface area (Å²) in [6.07, 6.45) is 0. The molecule has 3 aromatic carbocycles. The van der Waals surface area contributed by atoms with Gasteiger partial charge in [0, 0.05) is 21.9 Å². The summed E-state index contributed by atoms with van der Waals surface area (Å²) in [4.78, 5) is 0. The van der Waals surface area contributed by atoms with Crippen LogP contribution in [-0.2, 0) is 0 Å². The Bertz CT molecular complexity index is 807. The van der Waals surface area contributed by atoms with Crippen LogP contribution in [0.2, 0.25) is 0 Å². The highest BCUT2D eigenvalue weighted by Crippen LogP contribution is 2.43. The average molecular weight is 266 g/mol. The molecule has 0 atom stereocenters. The first-order valence-electron chi connectivity index (χ1n) is 6.31. The average Bonchev–Trinajstić information content (AvgIpc) is 2.46. The third-order valence-electron chi connectivity index (χ3n) is 3.44. The van der Waals surface area contributed by atoms with Gasteiger partial charge in [0.05, 0.1) is 0 Å². The predicted octanol–water partition coefficient (Wildman–Crippen LogP) is 3.93. The largest absolute Gasteiger partial charge is 0.507 e. The molecule has 0 saturated heterocycles. The maximum atomic E-state index is 10.4. The van der Waals surface area contributed by atoms with Gasteiger partial charge in [-0.05, 0) is 25.1 Å². The number of hydrogen-bond acceptors (Lipinski definition) is 3. The van der Waals surface area contributed by atoms with E-state index in [1.807, 2.05) is 6.92 Å². The summed E-state index contributed by atoms with van der Waals surface area (Å²) in [6, 6.07) is 13.7. The molecule has 3 nitrogen and oxygen atoms in total.